The van der Waals surface area contributed by atoms with Crippen LogP contribution in [0.1, 0.15) is 30.6 Å². The van der Waals surface area contributed by atoms with Crippen LogP contribution in [0.5, 0.6) is 0 Å². The summed E-state index contributed by atoms with van der Waals surface area (Å²) in [6.45, 7) is 0. The van der Waals surface area contributed by atoms with Gasteiger partial charge in [-0.25, -0.2) is 0 Å². The fourth-order valence-electron chi connectivity index (χ4n) is 2.03. The van der Waals surface area contributed by atoms with Crippen LogP contribution in [0.2, 0.25) is 0 Å². The Bertz CT molecular complexity index is 247. The summed E-state index contributed by atoms with van der Waals surface area (Å²) < 4.78 is 0. The Kier molecular flexibility index (Phi) is 2.96. The van der Waals surface area contributed by atoms with Gasteiger partial charge in [-0.15, -0.1) is 11.3 Å². The van der Waals surface area contributed by atoms with E-state index in [-0.39, 0.29) is 6.10 Å². The Morgan fingerprint density at radius 3 is 3.00 bits per heavy atom. The first-order valence-corrected chi connectivity index (χ1v) is 5.79. The standard InChI is InChI=1S/C10H15NOS/c12-10-4-2-1-3-8(10)5-9-6-11-7-13-9/h6-8,10,12H,1-5H2. The summed E-state index contributed by atoms with van der Waals surface area (Å²) in [5, 5.41) is 9.75. The van der Waals surface area contributed by atoms with Gasteiger partial charge in [0.25, 0.3) is 0 Å². The molecule has 0 saturated heterocycles. The van der Waals surface area contributed by atoms with Crippen LogP contribution in [0.15, 0.2) is 11.7 Å². The van der Waals surface area contributed by atoms with Crippen molar-refractivity contribution in [2.75, 3.05) is 0 Å². The van der Waals surface area contributed by atoms with Crippen molar-refractivity contribution in [1.29, 1.82) is 0 Å². The number of hydrogen-bond donors (Lipinski definition) is 1. The first-order chi connectivity index (χ1) is 6.36. The van der Waals surface area contributed by atoms with Gasteiger partial charge in [0.2, 0.25) is 0 Å². The van der Waals surface area contributed by atoms with E-state index in [2.05, 4.69) is 4.98 Å². The van der Waals surface area contributed by atoms with E-state index < -0.39 is 0 Å². The summed E-state index contributed by atoms with van der Waals surface area (Å²) in [4.78, 5) is 5.36. The van der Waals surface area contributed by atoms with Gasteiger partial charge in [0.05, 0.1) is 11.6 Å². The van der Waals surface area contributed by atoms with Crippen LogP contribution in [0.25, 0.3) is 0 Å². The summed E-state index contributed by atoms with van der Waals surface area (Å²) in [7, 11) is 0. The summed E-state index contributed by atoms with van der Waals surface area (Å²) in [6.07, 6.45) is 7.51. The smallest absolute Gasteiger partial charge is 0.0794 e. The van der Waals surface area contributed by atoms with Crippen LogP contribution in [0.4, 0.5) is 0 Å². The minimum Gasteiger partial charge on any atom is -0.393 e. The number of thiazole rings is 1. The summed E-state index contributed by atoms with van der Waals surface area (Å²) in [5.74, 6) is 0.481. The fourth-order valence-corrected chi connectivity index (χ4v) is 2.72. The molecule has 0 amide bonds. The highest BCUT2D eigenvalue weighted by Crippen LogP contribution is 2.28. The quantitative estimate of drug-likeness (QED) is 0.788. The predicted octanol–water partition coefficient (Wildman–Crippen LogP) is 2.24. The van der Waals surface area contributed by atoms with Crippen molar-refractivity contribution in [1.82, 2.24) is 4.98 Å². The second-order valence-corrected chi connectivity index (χ2v) is 4.75. The van der Waals surface area contributed by atoms with Gasteiger partial charge in [0, 0.05) is 11.1 Å². The molecule has 0 aromatic carbocycles. The molecule has 1 heterocycles. The molecule has 1 fully saturated rings. The second-order valence-electron chi connectivity index (χ2n) is 3.78. The van der Waals surface area contributed by atoms with E-state index >= 15 is 0 Å². The first kappa shape index (κ1) is 9.16. The highest BCUT2D eigenvalue weighted by molar-refractivity contribution is 7.09. The molecule has 1 aliphatic rings. The van der Waals surface area contributed by atoms with Crippen molar-refractivity contribution in [3.05, 3.63) is 16.6 Å². The van der Waals surface area contributed by atoms with Crippen LogP contribution < -0.4 is 0 Å². The number of aliphatic hydroxyl groups is 1. The van der Waals surface area contributed by atoms with Gasteiger partial charge in [0.15, 0.2) is 0 Å². The van der Waals surface area contributed by atoms with Gasteiger partial charge < -0.3 is 5.11 Å². The van der Waals surface area contributed by atoms with E-state index in [1.165, 1.54) is 24.1 Å². The molecule has 2 nitrogen and oxygen atoms in total. The lowest BCUT2D eigenvalue weighted by Gasteiger charge is -2.26. The Balaban J connectivity index is 1.93. The van der Waals surface area contributed by atoms with E-state index in [0.717, 1.165) is 12.8 Å². The van der Waals surface area contributed by atoms with Crippen LogP contribution in [-0.2, 0) is 6.42 Å². The number of nitrogens with zero attached hydrogens (tertiary/aromatic N) is 1. The SMILES string of the molecule is OC1CCCCC1Cc1cncs1. The molecule has 2 unspecified atom stereocenters. The summed E-state index contributed by atoms with van der Waals surface area (Å²) in [6, 6.07) is 0. The van der Waals surface area contributed by atoms with Crippen molar-refractivity contribution < 1.29 is 5.11 Å². The maximum absolute atomic E-state index is 9.75. The van der Waals surface area contributed by atoms with E-state index in [4.69, 9.17) is 0 Å². The van der Waals surface area contributed by atoms with E-state index in [1.807, 2.05) is 11.7 Å². The molecule has 3 heteroatoms. The van der Waals surface area contributed by atoms with Gasteiger partial charge in [-0.1, -0.05) is 12.8 Å². The maximum Gasteiger partial charge on any atom is 0.0794 e. The number of hydrogen-bond acceptors (Lipinski definition) is 3. The molecule has 2 atom stereocenters. The molecule has 1 saturated carbocycles. The van der Waals surface area contributed by atoms with Gasteiger partial charge in [-0.3, -0.25) is 4.98 Å². The molecular formula is C10H15NOS. The summed E-state index contributed by atoms with van der Waals surface area (Å²) >= 11 is 1.70. The Morgan fingerprint density at radius 2 is 2.31 bits per heavy atom. The average molecular weight is 197 g/mol. The maximum atomic E-state index is 9.75. The van der Waals surface area contributed by atoms with Gasteiger partial charge in [0.1, 0.15) is 0 Å². The van der Waals surface area contributed by atoms with Crippen molar-refractivity contribution in [3.63, 3.8) is 0 Å². The first-order valence-electron chi connectivity index (χ1n) is 4.91. The molecule has 0 spiro atoms. The van der Waals surface area contributed by atoms with Gasteiger partial charge >= 0.3 is 0 Å². The molecule has 0 radical (unpaired) electrons. The topological polar surface area (TPSA) is 33.1 Å². The molecule has 0 bridgehead atoms. The lowest BCUT2D eigenvalue weighted by Crippen LogP contribution is -2.25. The van der Waals surface area contributed by atoms with Crippen LogP contribution in [-0.4, -0.2) is 16.2 Å². The van der Waals surface area contributed by atoms with Crippen molar-refractivity contribution in [2.24, 2.45) is 5.92 Å². The van der Waals surface area contributed by atoms with Gasteiger partial charge in [-0.2, -0.15) is 0 Å². The highest BCUT2D eigenvalue weighted by atomic mass is 32.1. The minimum atomic E-state index is -0.0733. The molecule has 13 heavy (non-hydrogen) atoms. The molecular weight excluding hydrogens is 182 g/mol. The zero-order chi connectivity index (χ0) is 9.10. The zero-order valence-electron chi connectivity index (χ0n) is 7.65. The number of aromatic nitrogens is 1. The van der Waals surface area contributed by atoms with Crippen LogP contribution >= 0.6 is 11.3 Å². The molecule has 1 aliphatic carbocycles. The zero-order valence-corrected chi connectivity index (χ0v) is 8.46. The largest absolute Gasteiger partial charge is 0.393 e. The molecule has 1 aromatic heterocycles. The molecule has 72 valence electrons. The Hall–Kier alpha value is -0.410. The van der Waals surface area contributed by atoms with Crippen LogP contribution in [0.3, 0.4) is 0 Å². The third-order valence-corrected chi connectivity index (χ3v) is 3.62. The predicted molar refractivity (Wildman–Crippen MR) is 53.8 cm³/mol. The average Bonchev–Trinajstić information content (AvgIpc) is 2.61. The minimum absolute atomic E-state index is 0.0733. The van der Waals surface area contributed by atoms with Crippen LogP contribution in [0, 0.1) is 5.92 Å². The Labute approximate surface area is 82.6 Å². The third kappa shape index (κ3) is 2.29. The van der Waals surface area contributed by atoms with Gasteiger partial charge in [-0.05, 0) is 25.2 Å². The summed E-state index contributed by atoms with van der Waals surface area (Å²) in [5.41, 5.74) is 1.87. The van der Waals surface area contributed by atoms with E-state index in [1.54, 1.807) is 11.3 Å². The monoisotopic (exact) mass is 197 g/mol. The third-order valence-electron chi connectivity index (χ3n) is 2.82. The van der Waals surface area contributed by atoms with E-state index in [9.17, 15) is 5.11 Å². The molecule has 2 rings (SSSR count). The van der Waals surface area contributed by atoms with E-state index in [0.29, 0.717) is 5.92 Å². The molecule has 1 N–H and O–H groups in total. The van der Waals surface area contributed by atoms with Crippen molar-refractivity contribution in [2.45, 2.75) is 38.2 Å². The fraction of sp³-hybridized carbons (Fsp3) is 0.700. The molecule has 1 aromatic rings. The lowest BCUT2D eigenvalue weighted by molar-refractivity contribution is 0.0704. The molecule has 0 aliphatic heterocycles. The van der Waals surface area contributed by atoms with Crippen molar-refractivity contribution >= 4 is 11.3 Å². The lowest BCUT2D eigenvalue weighted by atomic mass is 9.84. The number of aliphatic hydroxyl groups excluding tert-OH is 1. The van der Waals surface area contributed by atoms with Crippen molar-refractivity contribution in [3.8, 4) is 0 Å². The normalized spacial score (nSPS) is 29.0. The number of rotatable bonds is 2. The highest BCUT2D eigenvalue weighted by Gasteiger charge is 2.23. The second kappa shape index (κ2) is 4.20. The Morgan fingerprint density at radius 1 is 1.46 bits per heavy atom.